The molecule has 1 aliphatic heterocycles. The summed E-state index contributed by atoms with van der Waals surface area (Å²) in [6, 6.07) is 0. The number of carbonyl (C=O) groups excluding carboxylic acids is 1. The Balaban J connectivity index is 2.63. The van der Waals surface area contributed by atoms with E-state index in [1.54, 1.807) is 0 Å². The Labute approximate surface area is 67.9 Å². The van der Waals surface area contributed by atoms with Gasteiger partial charge in [-0.05, 0) is 12.8 Å². The van der Waals surface area contributed by atoms with Crippen molar-refractivity contribution >= 4 is 5.97 Å². The smallest absolute Gasteiger partial charge is 0.306 e. The van der Waals surface area contributed by atoms with Crippen molar-refractivity contribution in [3.8, 4) is 0 Å². The lowest BCUT2D eigenvalue weighted by molar-refractivity contribution is -0.164. The van der Waals surface area contributed by atoms with E-state index in [0.717, 1.165) is 12.8 Å². The highest BCUT2D eigenvalue weighted by atomic mass is 16.5. The molecule has 0 aromatic heterocycles. The molecule has 64 valence electrons. The normalized spacial score (nSPS) is 29.7. The molecule has 0 radical (unpaired) electrons. The number of hydrogen-bond acceptors (Lipinski definition) is 2. The van der Waals surface area contributed by atoms with Gasteiger partial charge < -0.3 is 4.74 Å². The molecule has 0 aromatic rings. The van der Waals surface area contributed by atoms with Crippen LogP contribution in [0.15, 0.2) is 0 Å². The number of esters is 1. The van der Waals surface area contributed by atoms with E-state index in [9.17, 15) is 4.79 Å². The average Bonchev–Trinajstić information content (AvgIpc) is 1.94. The van der Waals surface area contributed by atoms with Gasteiger partial charge in [-0.15, -0.1) is 0 Å². The fraction of sp³-hybridized carbons (Fsp3) is 0.889. The zero-order chi connectivity index (χ0) is 8.48. The summed E-state index contributed by atoms with van der Waals surface area (Å²) in [6.45, 7) is 6.38. The van der Waals surface area contributed by atoms with E-state index in [1.165, 1.54) is 0 Å². The number of rotatable bonds is 1. The molecule has 0 saturated carbocycles. The fourth-order valence-electron chi connectivity index (χ4n) is 1.60. The van der Waals surface area contributed by atoms with Gasteiger partial charge in [-0.2, -0.15) is 0 Å². The first-order chi connectivity index (χ1) is 5.06. The maximum atomic E-state index is 10.9. The van der Waals surface area contributed by atoms with Gasteiger partial charge in [0.25, 0.3) is 0 Å². The molecule has 2 heteroatoms. The molecule has 0 N–H and O–H groups in total. The molecule has 0 aliphatic carbocycles. The molecule has 0 bridgehead atoms. The van der Waals surface area contributed by atoms with Gasteiger partial charge in [-0.1, -0.05) is 20.8 Å². The van der Waals surface area contributed by atoms with Gasteiger partial charge in [-0.3, -0.25) is 4.79 Å². The first kappa shape index (κ1) is 8.57. The number of ether oxygens (including phenoxy) is 1. The summed E-state index contributed by atoms with van der Waals surface area (Å²) in [5.74, 6) is -0.0313. The van der Waals surface area contributed by atoms with Crippen molar-refractivity contribution in [2.45, 2.75) is 46.1 Å². The molecule has 0 aromatic carbocycles. The van der Waals surface area contributed by atoms with Crippen molar-refractivity contribution < 1.29 is 9.53 Å². The predicted molar refractivity (Wildman–Crippen MR) is 43.2 cm³/mol. The van der Waals surface area contributed by atoms with Crippen molar-refractivity contribution in [1.82, 2.24) is 0 Å². The molecule has 1 unspecified atom stereocenters. The highest BCUT2D eigenvalue weighted by Gasteiger charge is 2.35. The van der Waals surface area contributed by atoms with Crippen LogP contribution in [0.5, 0.6) is 0 Å². The number of carbonyl (C=O) groups is 1. The monoisotopic (exact) mass is 156 g/mol. The Bertz CT molecular complexity index is 161. The standard InChI is InChI=1S/C9H16O2/c1-4-7-9(2,3)6-5-8(10)11-7/h7H,4-6H2,1-3H3. The Morgan fingerprint density at radius 1 is 1.64 bits per heavy atom. The Kier molecular flexibility index (Phi) is 2.21. The lowest BCUT2D eigenvalue weighted by atomic mass is 9.79. The van der Waals surface area contributed by atoms with Gasteiger partial charge in [0.2, 0.25) is 0 Å². The summed E-state index contributed by atoms with van der Waals surface area (Å²) in [5.41, 5.74) is 0.183. The first-order valence-corrected chi connectivity index (χ1v) is 4.26. The molecule has 1 saturated heterocycles. The van der Waals surface area contributed by atoms with Gasteiger partial charge in [0.05, 0.1) is 0 Å². The van der Waals surface area contributed by atoms with Crippen LogP contribution in [0.1, 0.15) is 40.0 Å². The minimum Gasteiger partial charge on any atom is -0.462 e. The van der Waals surface area contributed by atoms with Gasteiger partial charge in [0.1, 0.15) is 6.10 Å². The van der Waals surface area contributed by atoms with Gasteiger partial charge in [0, 0.05) is 11.8 Å². The van der Waals surface area contributed by atoms with Crippen LogP contribution in [0, 0.1) is 5.41 Å². The van der Waals surface area contributed by atoms with Crippen molar-refractivity contribution in [2.24, 2.45) is 5.41 Å². The zero-order valence-corrected chi connectivity index (χ0v) is 7.52. The van der Waals surface area contributed by atoms with Crippen molar-refractivity contribution in [2.75, 3.05) is 0 Å². The van der Waals surface area contributed by atoms with Crippen LogP contribution >= 0.6 is 0 Å². The molecule has 1 atom stereocenters. The number of cyclic esters (lactones) is 1. The zero-order valence-electron chi connectivity index (χ0n) is 7.52. The van der Waals surface area contributed by atoms with Crippen LogP contribution in [0.2, 0.25) is 0 Å². The minimum atomic E-state index is -0.0313. The van der Waals surface area contributed by atoms with Gasteiger partial charge >= 0.3 is 5.97 Å². The predicted octanol–water partition coefficient (Wildman–Crippen LogP) is 2.13. The summed E-state index contributed by atoms with van der Waals surface area (Å²) in [7, 11) is 0. The summed E-state index contributed by atoms with van der Waals surface area (Å²) in [5, 5.41) is 0. The molecular weight excluding hydrogens is 140 g/mol. The lowest BCUT2D eigenvalue weighted by Gasteiger charge is -2.37. The van der Waals surface area contributed by atoms with Crippen LogP contribution in [0.4, 0.5) is 0 Å². The number of hydrogen-bond donors (Lipinski definition) is 0. The highest BCUT2D eigenvalue weighted by Crippen LogP contribution is 2.35. The molecule has 2 nitrogen and oxygen atoms in total. The second-order valence-electron chi connectivity index (χ2n) is 3.88. The molecule has 11 heavy (non-hydrogen) atoms. The maximum absolute atomic E-state index is 10.9. The van der Waals surface area contributed by atoms with E-state index >= 15 is 0 Å². The van der Waals surface area contributed by atoms with Crippen LogP contribution < -0.4 is 0 Å². The Morgan fingerprint density at radius 2 is 2.27 bits per heavy atom. The van der Waals surface area contributed by atoms with E-state index in [1.807, 2.05) is 0 Å². The third kappa shape index (κ3) is 1.73. The van der Waals surface area contributed by atoms with Crippen LogP contribution in [0.25, 0.3) is 0 Å². The molecule has 0 amide bonds. The second kappa shape index (κ2) is 2.84. The second-order valence-corrected chi connectivity index (χ2v) is 3.88. The molecule has 1 heterocycles. The Hall–Kier alpha value is -0.530. The summed E-state index contributed by atoms with van der Waals surface area (Å²) < 4.78 is 5.21. The Morgan fingerprint density at radius 3 is 2.73 bits per heavy atom. The maximum Gasteiger partial charge on any atom is 0.306 e. The van der Waals surface area contributed by atoms with Crippen LogP contribution in [-0.4, -0.2) is 12.1 Å². The van der Waals surface area contributed by atoms with E-state index in [-0.39, 0.29) is 17.5 Å². The van der Waals surface area contributed by atoms with Crippen molar-refractivity contribution in [1.29, 1.82) is 0 Å². The van der Waals surface area contributed by atoms with E-state index < -0.39 is 0 Å². The average molecular weight is 156 g/mol. The summed E-state index contributed by atoms with van der Waals surface area (Å²) >= 11 is 0. The molecule has 1 fully saturated rings. The topological polar surface area (TPSA) is 26.3 Å². The first-order valence-electron chi connectivity index (χ1n) is 4.26. The molecule has 0 spiro atoms. The molecular formula is C9H16O2. The van der Waals surface area contributed by atoms with Crippen molar-refractivity contribution in [3.63, 3.8) is 0 Å². The van der Waals surface area contributed by atoms with Crippen LogP contribution in [0.3, 0.4) is 0 Å². The van der Waals surface area contributed by atoms with E-state index in [0.29, 0.717) is 6.42 Å². The molecule has 1 aliphatic rings. The molecule has 1 rings (SSSR count). The quantitative estimate of drug-likeness (QED) is 0.543. The summed E-state index contributed by atoms with van der Waals surface area (Å²) in [4.78, 5) is 10.9. The largest absolute Gasteiger partial charge is 0.462 e. The lowest BCUT2D eigenvalue weighted by Crippen LogP contribution is -2.38. The van der Waals surface area contributed by atoms with Crippen molar-refractivity contribution in [3.05, 3.63) is 0 Å². The highest BCUT2D eigenvalue weighted by molar-refractivity contribution is 5.70. The van der Waals surface area contributed by atoms with Gasteiger partial charge in [0.15, 0.2) is 0 Å². The third-order valence-electron chi connectivity index (χ3n) is 2.49. The minimum absolute atomic E-state index is 0.0313. The summed E-state index contributed by atoms with van der Waals surface area (Å²) in [6.07, 6.45) is 2.61. The fourth-order valence-corrected chi connectivity index (χ4v) is 1.60. The van der Waals surface area contributed by atoms with E-state index in [4.69, 9.17) is 4.74 Å². The van der Waals surface area contributed by atoms with Gasteiger partial charge in [-0.25, -0.2) is 0 Å². The van der Waals surface area contributed by atoms with E-state index in [2.05, 4.69) is 20.8 Å². The SMILES string of the molecule is CCC1OC(=O)CCC1(C)C. The third-order valence-corrected chi connectivity index (χ3v) is 2.49. The van der Waals surface area contributed by atoms with Crippen LogP contribution in [-0.2, 0) is 9.53 Å².